The minimum atomic E-state index is -0.394. The molecule has 0 bridgehead atoms. The van der Waals surface area contributed by atoms with Crippen molar-refractivity contribution in [1.29, 1.82) is 0 Å². The summed E-state index contributed by atoms with van der Waals surface area (Å²) in [6, 6.07) is 6.02. The van der Waals surface area contributed by atoms with Crippen LogP contribution in [0.25, 0.3) is 0 Å². The van der Waals surface area contributed by atoms with Crippen LogP contribution in [0.5, 0.6) is 5.75 Å². The molecule has 0 atom stereocenters. The third-order valence-electron chi connectivity index (χ3n) is 3.38. The van der Waals surface area contributed by atoms with E-state index < -0.39 is 5.82 Å². The minimum absolute atomic E-state index is 0.172. The number of halogens is 1. The van der Waals surface area contributed by atoms with E-state index in [1.54, 1.807) is 0 Å². The van der Waals surface area contributed by atoms with Gasteiger partial charge in [-0.05, 0) is 43.0 Å². The maximum Gasteiger partial charge on any atom is 0.265 e. The molecule has 20 heavy (non-hydrogen) atoms. The number of ether oxygens (including phenoxy) is 1. The van der Waals surface area contributed by atoms with Gasteiger partial charge < -0.3 is 10.1 Å². The van der Waals surface area contributed by atoms with Crippen molar-refractivity contribution in [2.24, 2.45) is 0 Å². The molecule has 2 aromatic rings. The largest absolute Gasteiger partial charge is 0.494 e. The fourth-order valence-corrected chi connectivity index (χ4v) is 3.54. The highest BCUT2D eigenvalue weighted by atomic mass is 32.1. The Labute approximate surface area is 120 Å². The normalized spacial score (nSPS) is 13.1. The summed E-state index contributed by atoms with van der Waals surface area (Å²) >= 11 is 1.54. The number of benzene rings is 1. The Morgan fingerprint density at radius 3 is 2.95 bits per heavy atom. The average Bonchev–Trinajstić information content (AvgIpc) is 3.01. The Hall–Kier alpha value is -1.88. The van der Waals surface area contributed by atoms with Crippen molar-refractivity contribution in [1.82, 2.24) is 0 Å². The number of anilines is 1. The summed E-state index contributed by atoms with van der Waals surface area (Å²) in [6.07, 6.45) is 3.29. The van der Waals surface area contributed by atoms with Gasteiger partial charge in [0.15, 0.2) is 0 Å². The molecule has 5 heteroatoms. The van der Waals surface area contributed by atoms with Gasteiger partial charge in [-0.25, -0.2) is 4.39 Å². The Balaban J connectivity index is 1.81. The van der Waals surface area contributed by atoms with E-state index in [1.165, 1.54) is 53.5 Å². The zero-order valence-electron chi connectivity index (χ0n) is 11.0. The second-order valence-corrected chi connectivity index (χ2v) is 5.85. The molecule has 1 aromatic carbocycles. The second kappa shape index (κ2) is 5.25. The van der Waals surface area contributed by atoms with E-state index in [4.69, 9.17) is 4.74 Å². The van der Waals surface area contributed by atoms with Crippen molar-refractivity contribution >= 4 is 22.9 Å². The first-order chi connectivity index (χ1) is 9.67. The van der Waals surface area contributed by atoms with Crippen molar-refractivity contribution in [2.75, 3.05) is 12.4 Å². The monoisotopic (exact) mass is 291 g/mol. The lowest BCUT2D eigenvalue weighted by molar-refractivity contribution is 0.103. The molecule has 1 N–H and O–H groups in total. The molecule has 1 amide bonds. The van der Waals surface area contributed by atoms with Gasteiger partial charge in [0, 0.05) is 10.9 Å². The van der Waals surface area contributed by atoms with Crippen LogP contribution in [0, 0.1) is 5.82 Å². The number of hydrogen-bond donors (Lipinski definition) is 1. The summed E-state index contributed by atoms with van der Waals surface area (Å²) in [5.41, 5.74) is 1.76. The van der Waals surface area contributed by atoms with Crippen LogP contribution in [-0.4, -0.2) is 13.0 Å². The summed E-state index contributed by atoms with van der Waals surface area (Å²) in [5.74, 6) is -0.244. The number of carbonyl (C=O) groups excluding carboxylic acids is 1. The Morgan fingerprint density at radius 2 is 2.20 bits per heavy atom. The molecule has 0 fully saturated rings. The van der Waals surface area contributed by atoms with Crippen LogP contribution in [0.4, 0.5) is 10.1 Å². The smallest absolute Gasteiger partial charge is 0.265 e. The van der Waals surface area contributed by atoms with Gasteiger partial charge in [0.1, 0.15) is 11.6 Å². The molecule has 1 aromatic heterocycles. The Bertz CT molecular complexity index is 644. The van der Waals surface area contributed by atoms with Gasteiger partial charge in [-0.2, -0.15) is 0 Å². The fraction of sp³-hybridized carbons (Fsp3) is 0.267. The fourth-order valence-electron chi connectivity index (χ4n) is 2.39. The first-order valence-electron chi connectivity index (χ1n) is 6.44. The van der Waals surface area contributed by atoms with E-state index in [1.807, 2.05) is 6.07 Å². The predicted molar refractivity (Wildman–Crippen MR) is 77.2 cm³/mol. The lowest BCUT2D eigenvalue weighted by Gasteiger charge is -2.09. The SMILES string of the molecule is COc1cc(F)ccc1NC(=O)c1cc2c(s1)CCC2. The molecular formula is C15H14FNO2S. The number of thiophene rings is 1. The molecule has 0 saturated carbocycles. The van der Waals surface area contributed by atoms with Gasteiger partial charge in [-0.15, -0.1) is 11.3 Å². The van der Waals surface area contributed by atoms with Crippen LogP contribution in [0.3, 0.4) is 0 Å². The molecule has 0 spiro atoms. The molecule has 0 radical (unpaired) electrons. The number of amides is 1. The minimum Gasteiger partial charge on any atom is -0.494 e. The highest BCUT2D eigenvalue weighted by molar-refractivity contribution is 7.14. The molecule has 0 saturated heterocycles. The zero-order chi connectivity index (χ0) is 14.1. The van der Waals surface area contributed by atoms with Gasteiger partial charge in [0.25, 0.3) is 5.91 Å². The molecule has 1 aliphatic carbocycles. The lowest BCUT2D eigenvalue weighted by Crippen LogP contribution is -2.11. The highest BCUT2D eigenvalue weighted by Crippen LogP contribution is 2.32. The number of rotatable bonds is 3. The van der Waals surface area contributed by atoms with E-state index in [2.05, 4.69) is 5.32 Å². The van der Waals surface area contributed by atoms with E-state index in [0.717, 1.165) is 12.8 Å². The van der Waals surface area contributed by atoms with Crippen LogP contribution >= 0.6 is 11.3 Å². The lowest BCUT2D eigenvalue weighted by atomic mass is 10.2. The van der Waals surface area contributed by atoms with E-state index in [9.17, 15) is 9.18 Å². The molecular weight excluding hydrogens is 277 g/mol. The second-order valence-electron chi connectivity index (χ2n) is 4.71. The molecule has 1 aliphatic rings. The van der Waals surface area contributed by atoms with Crippen molar-refractivity contribution in [3.05, 3.63) is 45.4 Å². The summed E-state index contributed by atoms with van der Waals surface area (Å²) in [7, 11) is 1.45. The van der Waals surface area contributed by atoms with Crippen LogP contribution in [0.2, 0.25) is 0 Å². The molecule has 3 rings (SSSR count). The van der Waals surface area contributed by atoms with Gasteiger partial charge in [0.05, 0.1) is 17.7 Å². The summed E-state index contributed by atoms with van der Waals surface area (Å²) in [5, 5.41) is 2.77. The molecule has 3 nitrogen and oxygen atoms in total. The summed E-state index contributed by atoms with van der Waals surface area (Å²) < 4.78 is 18.2. The number of hydrogen-bond acceptors (Lipinski definition) is 3. The Morgan fingerprint density at radius 1 is 1.35 bits per heavy atom. The molecule has 104 valence electrons. The number of aryl methyl sites for hydroxylation is 2. The standard InChI is InChI=1S/C15H14FNO2S/c1-19-12-8-10(16)5-6-11(12)17-15(18)14-7-9-3-2-4-13(9)20-14/h5-8H,2-4H2,1H3,(H,17,18). The number of nitrogens with one attached hydrogen (secondary N) is 1. The van der Waals surface area contributed by atoms with Gasteiger partial charge in [-0.3, -0.25) is 4.79 Å². The third kappa shape index (κ3) is 2.41. The number of methoxy groups -OCH3 is 1. The maximum absolute atomic E-state index is 13.1. The van der Waals surface area contributed by atoms with E-state index >= 15 is 0 Å². The summed E-state index contributed by atoms with van der Waals surface area (Å²) in [4.78, 5) is 14.2. The quantitative estimate of drug-likeness (QED) is 0.937. The molecule has 1 heterocycles. The topological polar surface area (TPSA) is 38.3 Å². The van der Waals surface area contributed by atoms with Crippen LogP contribution in [-0.2, 0) is 12.8 Å². The van der Waals surface area contributed by atoms with Gasteiger partial charge in [-0.1, -0.05) is 0 Å². The van der Waals surface area contributed by atoms with Crippen LogP contribution in [0.15, 0.2) is 24.3 Å². The number of carbonyl (C=O) groups is 1. The van der Waals surface area contributed by atoms with Gasteiger partial charge >= 0.3 is 0 Å². The zero-order valence-corrected chi connectivity index (χ0v) is 11.8. The molecule has 0 aliphatic heterocycles. The van der Waals surface area contributed by atoms with E-state index in [0.29, 0.717) is 16.3 Å². The van der Waals surface area contributed by atoms with Crippen molar-refractivity contribution in [3.8, 4) is 5.75 Å². The predicted octanol–water partition coefficient (Wildman–Crippen LogP) is 3.64. The van der Waals surface area contributed by atoms with Crippen molar-refractivity contribution in [2.45, 2.75) is 19.3 Å². The summed E-state index contributed by atoms with van der Waals surface area (Å²) in [6.45, 7) is 0. The number of fused-ring (bicyclic) bond motifs is 1. The van der Waals surface area contributed by atoms with E-state index in [-0.39, 0.29) is 5.91 Å². The van der Waals surface area contributed by atoms with Gasteiger partial charge in [0.2, 0.25) is 0 Å². The third-order valence-corrected chi connectivity index (χ3v) is 4.62. The van der Waals surface area contributed by atoms with Crippen molar-refractivity contribution in [3.63, 3.8) is 0 Å². The first kappa shape index (κ1) is 13.1. The Kier molecular flexibility index (Phi) is 3.44. The first-order valence-corrected chi connectivity index (χ1v) is 7.25. The maximum atomic E-state index is 13.1. The molecule has 0 unspecified atom stereocenters. The van der Waals surface area contributed by atoms with Crippen LogP contribution in [0.1, 0.15) is 26.5 Å². The average molecular weight is 291 g/mol. The highest BCUT2D eigenvalue weighted by Gasteiger charge is 2.19. The van der Waals surface area contributed by atoms with Crippen molar-refractivity contribution < 1.29 is 13.9 Å². The van der Waals surface area contributed by atoms with Crippen LogP contribution < -0.4 is 10.1 Å².